The van der Waals surface area contributed by atoms with Gasteiger partial charge < -0.3 is 5.11 Å². The summed E-state index contributed by atoms with van der Waals surface area (Å²) in [5, 5.41) is 9.36. The molecule has 0 aromatic heterocycles. The zero-order valence-electron chi connectivity index (χ0n) is 8.51. The van der Waals surface area contributed by atoms with Crippen molar-refractivity contribution in [2.75, 3.05) is 0 Å². The summed E-state index contributed by atoms with van der Waals surface area (Å²) < 4.78 is 0. The van der Waals surface area contributed by atoms with Crippen LogP contribution in [-0.2, 0) is 4.79 Å². The van der Waals surface area contributed by atoms with Gasteiger partial charge >= 0.3 is 5.97 Å². The molecule has 2 rings (SSSR count). The Bertz CT molecular complexity index is 319. The average Bonchev–Trinajstić information content (AvgIpc) is 2.58. The minimum absolute atomic E-state index is 0.0557. The second kappa shape index (κ2) is 2.84. The van der Waals surface area contributed by atoms with Gasteiger partial charge in [0.05, 0.1) is 5.41 Å². The lowest BCUT2D eigenvalue weighted by Gasteiger charge is -2.36. The van der Waals surface area contributed by atoms with Gasteiger partial charge in [0.1, 0.15) is 0 Å². The molecule has 1 N–H and O–H groups in total. The van der Waals surface area contributed by atoms with Gasteiger partial charge in [-0.05, 0) is 41.2 Å². The van der Waals surface area contributed by atoms with E-state index in [0.717, 1.165) is 24.8 Å². The molecule has 0 amide bonds. The molecule has 2 aliphatic rings. The van der Waals surface area contributed by atoms with Crippen molar-refractivity contribution in [2.24, 2.45) is 16.7 Å². The quantitative estimate of drug-likeness (QED) is 0.785. The minimum Gasteiger partial charge on any atom is -0.481 e. The van der Waals surface area contributed by atoms with Crippen LogP contribution in [0.15, 0.2) is 10.6 Å². The van der Waals surface area contributed by atoms with E-state index >= 15 is 0 Å². The number of carboxylic acids is 1. The van der Waals surface area contributed by atoms with E-state index in [1.807, 2.05) is 4.99 Å². The number of hydrogen-bond acceptors (Lipinski definition) is 1. The van der Waals surface area contributed by atoms with Crippen molar-refractivity contribution in [1.82, 2.24) is 0 Å². The van der Waals surface area contributed by atoms with Crippen molar-refractivity contribution >= 4 is 21.9 Å². The van der Waals surface area contributed by atoms with Crippen molar-refractivity contribution in [3.05, 3.63) is 10.6 Å². The average molecular weight is 259 g/mol. The van der Waals surface area contributed by atoms with Gasteiger partial charge in [0.15, 0.2) is 0 Å². The van der Waals surface area contributed by atoms with Crippen LogP contribution in [0.25, 0.3) is 0 Å². The first-order valence-corrected chi connectivity index (χ1v) is 5.91. The fourth-order valence-electron chi connectivity index (χ4n) is 3.30. The van der Waals surface area contributed by atoms with Gasteiger partial charge in [-0.2, -0.15) is 0 Å². The summed E-state index contributed by atoms with van der Waals surface area (Å²) >= 11 is 3.33. The van der Waals surface area contributed by atoms with Crippen molar-refractivity contribution in [1.29, 1.82) is 0 Å². The molecule has 2 atom stereocenters. The largest absolute Gasteiger partial charge is 0.481 e. The third-order valence-corrected chi connectivity index (χ3v) is 4.72. The van der Waals surface area contributed by atoms with Crippen LogP contribution >= 0.6 is 15.9 Å². The smallest absolute Gasteiger partial charge is 0.313 e. The highest BCUT2D eigenvalue weighted by molar-refractivity contribution is 9.11. The molecule has 2 saturated carbocycles. The zero-order valence-corrected chi connectivity index (χ0v) is 10.1. The summed E-state index contributed by atoms with van der Waals surface area (Å²) in [6.45, 7) is 4.32. The van der Waals surface area contributed by atoms with Crippen LogP contribution in [-0.4, -0.2) is 11.1 Å². The van der Waals surface area contributed by atoms with E-state index in [1.165, 1.54) is 0 Å². The second-order valence-corrected chi connectivity index (χ2v) is 5.53. The molecular formula is C11H15BrO2. The van der Waals surface area contributed by atoms with Gasteiger partial charge in [0.2, 0.25) is 0 Å². The Kier molecular flexibility index (Phi) is 2.08. The molecule has 0 heterocycles. The van der Waals surface area contributed by atoms with E-state index in [1.54, 1.807) is 0 Å². The van der Waals surface area contributed by atoms with Crippen molar-refractivity contribution in [3.63, 3.8) is 0 Å². The lowest BCUT2D eigenvalue weighted by molar-refractivity contribution is -0.146. The van der Waals surface area contributed by atoms with E-state index in [-0.39, 0.29) is 5.41 Å². The summed E-state index contributed by atoms with van der Waals surface area (Å²) in [7, 11) is 0. The number of hydrogen-bond donors (Lipinski definition) is 1. The molecule has 2 nitrogen and oxygen atoms in total. The molecule has 0 aromatic rings. The molecule has 3 heteroatoms. The SMILES string of the molecule is CC1(C)/C(=C\Br)[C@]2(C(=O)O)CC[C@@H]1C2. The van der Waals surface area contributed by atoms with E-state index in [9.17, 15) is 9.90 Å². The molecule has 0 saturated heterocycles. The van der Waals surface area contributed by atoms with Crippen molar-refractivity contribution < 1.29 is 9.90 Å². The fourth-order valence-corrected chi connectivity index (χ4v) is 4.33. The van der Waals surface area contributed by atoms with E-state index in [2.05, 4.69) is 29.8 Å². The van der Waals surface area contributed by atoms with Crippen LogP contribution in [0.2, 0.25) is 0 Å². The molecule has 2 aliphatic carbocycles. The third kappa shape index (κ3) is 0.992. The summed E-state index contributed by atoms with van der Waals surface area (Å²) in [5.74, 6) is -0.0984. The summed E-state index contributed by atoms with van der Waals surface area (Å²) in [4.78, 5) is 13.2. The monoisotopic (exact) mass is 258 g/mol. The van der Waals surface area contributed by atoms with Crippen LogP contribution in [0.3, 0.4) is 0 Å². The summed E-state index contributed by atoms with van der Waals surface area (Å²) in [6, 6.07) is 0. The number of fused-ring (bicyclic) bond motifs is 2. The zero-order chi connectivity index (χ0) is 10.6. The maximum Gasteiger partial charge on any atom is 0.313 e. The van der Waals surface area contributed by atoms with Crippen molar-refractivity contribution in [2.45, 2.75) is 33.1 Å². The van der Waals surface area contributed by atoms with Crippen LogP contribution in [0.4, 0.5) is 0 Å². The second-order valence-electron chi connectivity index (χ2n) is 5.07. The Morgan fingerprint density at radius 3 is 2.71 bits per heavy atom. The molecule has 2 fully saturated rings. The standard InChI is InChI=1S/C11H15BrO2/c1-10(2)7-3-4-11(5-7,9(13)14)8(10)6-12/h6-7H,3-5H2,1-2H3,(H,13,14)/b8-6+/t7-,11+/m1/s1. The van der Waals surface area contributed by atoms with Crippen molar-refractivity contribution in [3.8, 4) is 0 Å². The van der Waals surface area contributed by atoms with E-state index in [0.29, 0.717) is 5.92 Å². The number of rotatable bonds is 1. The number of carbonyl (C=O) groups is 1. The Hall–Kier alpha value is -0.310. The number of halogens is 1. The molecule has 0 aliphatic heterocycles. The van der Waals surface area contributed by atoms with Gasteiger partial charge in [-0.25, -0.2) is 0 Å². The molecule has 2 bridgehead atoms. The number of aliphatic carboxylic acids is 1. The highest BCUT2D eigenvalue weighted by Gasteiger charge is 2.61. The van der Waals surface area contributed by atoms with Crippen LogP contribution < -0.4 is 0 Å². The van der Waals surface area contributed by atoms with Crippen LogP contribution in [0.5, 0.6) is 0 Å². The molecule has 0 spiro atoms. The first kappa shape index (κ1) is 10.2. The Morgan fingerprint density at radius 1 is 1.64 bits per heavy atom. The third-order valence-electron chi connectivity index (χ3n) is 4.26. The maximum atomic E-state index is 11.4. The minimum atomic E-state index is -0.642. The lowest BCUT2D eigenvalue weighted by atomic mass is 9.68. The first-order valence-electron chi connectivity index (χ1n) is 5.00. The first-order chi connectivity index (χ1) is 6.45. The van der Waals surface area contributed by atoms with Gasteiger partial charge in [-0.3, -0.25) is 4.79 Å². The van der Waals surface area contributed by atoms with E-state index < -0.39 is 11.4 Å². The predicted molar refractivity (Wildman–Crippen MR) is 58.2 cm³/mol. The summed E-state index contributed by atoms with van der Waals surface area (Å²) in [6.07, 6.45) is 2.70. The maximum absolute atomic E-state index is 11.4. The molecule has 14 heavy (non-hydrogen) atoms. The molecular weight excluding hydrogens is 244 g/mol. The van der Waals surface area contributed by atoms with Crippen LogP contribution in [0, 0.1) is 16.7 Å². The Labute approximate surface area is 92.5 Å². The van der Waals surface area contributed by atoms with Gasteiger partial charge in [0.25, 0.3) is 0 Å². The number of carboxylic acid groups (broad SMARTS) is 1. The molecule has 0 aromatic carbocycles. The van der Waals surface area contributed by atoms with Crippen LogP contribution in [0.1, 0.15) is 33.1 Å². The normalized spacial score (nSPS) is 41.9. The van der Waals surface area contributed by atoms with Gasteiger partial charge in [0, 0.05) is 0 Å². The molecule has 0 unspecified atom stereocenters. The fraction of sp³-hybridized carbons (Fsp3) is 0.727. The lowest BCUT2D eigenvalue weighted by Crippen LogP contribution is -2.33. The summed E-state index contributed by atoms with van der Waals surface area (Å²) in [5.41, 5.74) is 0.575. The highest BCUT2D eigenvalue weighted by atomic mass is 79.9. The predicted octanol–water partition coefficient (Wildman–Crippen LogP) is 3.18. The van der Waals surface area contributed by atoms with Gasteiger partial charge in [-0.1, -0.05) is 29.8 Å². The molecule has 0 radical (unpaired) electrons. The highest BCUT2D eigenvalue weighted by Crippen LogP contribution is 2.66. The van der Waals surface area contributed by atoms with E-state index in [4.69, 9.17) is 0 Å². The molecule has 78 valence electrons. The topological polar surface area (TPSA) is 37.3 Å². The Balaban J connectivity index is 2.52. The van der Waals surface area contributed by atoms with Gasteiger partial charge in [-0.15, -0.1) is 0 Å². The Morgan fingerprint density at radius 2 is 2.29 bits per heavy atom.